The van der Waals surface area contributed by atoms with E-state index in [1.807, 2.05) is 0 Å². The Morgan fingerprint density at radius 1 is 1.33 bits per heavy atom. The third-order valence-electron chi connectivity index (χ3n) is 3.92. The quantitative estimate of drug-likeness (QED) is 0.765. The zero-order valence-electron chi connectivity index (χ0n) is 12.3. The molecular weight excluding hydrogens is 226 g/mol. The molecule has 0 heterocycles. The molecule has 1 saturated carbocycles. The fraction of sp³-hybridized carbons (Fsp3) is 0.933. The van der Waals surface area contributed by atoms with Crippen molar-refractivity contribution in [1.29, 1.82) is 0 Å². The molecule has 0 saturated heterocycles. The van der Waals surface area contributed by atoms with Gasteiger partial charge in [0.1, 0.15) is 5.54 Å². The fourth-order valence-electron chi connectivity index (χ4n) is 3.09. The van der Waals surface area contributed by atoms with E-state index in [1.54, 1.807) is 0 Å². The van der Waals surface area contributed by atoms with Gasteiger partial charge in [-0.2, -0.15) is 0 Å². The predicted octanol–water partition coefficient (Wildman–Crippen LogP) is 3.29. The number of rotatable bonds is 6. The maximum Gasteiger partial charge on any atom is 0.323 e. The molecule has 1 aliphatic rings. The van der Waals surface area contributed by atoms with Gasteiger partial charge in [0.05, 0.1) is 0 Å². The van der Waals surface area contributed by atoms with Gasteiger partial charge in [-0.25, -0.2) is 0 Å². The third-order valence-corrected chi connectivity index (χ3v) is 3.92. The van der Waals surface area contributed by atoms with Crippen molar-refractivity contribution < 1.29 is 9.90 Å². The Kier molecular flexibility index (Phi) is 5.64. The summed E-state index contributed by atoms with van der Waals surface area (Å²) >= 11 is 0. The molecule has 0 aromatic carbocycles. The smallest absolute Gasteiger partial charge is 0.323 e. The summed E-state index contributed by atoms with van der Waals surface area (Å²) in [5, 5.41) is 12.9. The van der Waals surface area contributed by atoms with E-state index < -0.39 is 11.5 Å². The maximum atomic E-state index is 11.7. The average molecular weight is 255 g/mol. The van der Waals surface area contributed by atoms with Gasteiger partial charge in [0.2, 0.25) is 0 Å². The molecule has 0 aliphatic heterocycles. The van der Waals surface area contributed by atoms with Crippen LogP contribution in [0, 0.1) is 17.8 Å². The van der Waals surface area contributed by atoms with E-state index in [-0.39, 0.29) is 0 Å². The van der Waals surface area contributed by atoms with Gasteiger partial charge in [-0.3, -0.25) is 4.79 Å². The van der Waals surface area contributed by atoms with Crippen LogP contribution in [0.4, 0.5) is 0 Å². The Bertz CT molecular complexity index is 276. The highest BCUT2D eigenvalue weighted by Crippen LogP contribution is 2.36. The van der Waals surface area contributed by atoms with Crippen LogP contribution < -0.4 is 5.32 Å². The molecule has 0 aromatic heterocycles. The first-order valence-corrected chi connectivity index (χ1v) is 7.34. The van der Waals surface area contributed by atoms with E-state index >= 15 is 0 Å². The predicted molar refractivity (Wildman–Crippen MR) is 74.6 cm³/mol. The number of hydrogen-bond acceptors (Lipinski definition) is 2. The standard InChI is InChI=1S/C15H29NO2/c1-11(2)8-13-6-5-7-15(9-13,14(17)18)16-10-12(3)4/h11-13,16H,5-10H2,1-4H3,(H,17,18). The van der Waals surface area contributed by atoms with Crippen LogP contribution in [-0.2, 0) is 4.79 Å². The normalized spacial score (nSPS) is 28.9. The number of carboxylic acids is 1. The number of carbonyl (C=O) groups is 1. The van der Waals surface area contributed by atoms with Crippen molar-refractivity contribution >= 4 is 5.97 Å². The lowest BCUT2D eigenvalue weighted by molar-refractivity contribution is -0.147. The second kappa shape index (κ2) is 6.55. The molecule has 0 radical (unpaired) electrons. The van der Waals surface area contributed by atoms with Crippen LogP contribution >= 0.6 is 0 Å². The van der Waals surface area contributed by atoms with E-state index in [0.29, 0.717) is 17.8 Å². The van der Waals surface area contributed by atoms with Crippen LogP contribution in [0.2, 0.25) is 0 Å². The number of aliphatic carboxylic acids is 1. The monoisotopic (exact) mass is 255 g/mol. The molecular formula is C15H29NO2. The molecule has 3 heteroatoms. The molecule has 1 fully saturated rings. The number of hydrogen-bond donors (Lipinski definition) is 2. The van der Waals surface area contributed by atoms with Crippen molar-refractivity contribution in [3.8, 4) is 0 Å². The van der Waals surface area contributed by atoms with E-state index in [2.05, 4.69) is 33.0 Å². The first-order chi connectivity index (χ1) is 8.35. The lowest BCUT2D eigenvalue weighted by atomic mass is 9.73. The fourth-order valence-corrected chi connectivity index (χ4v) is 3.09. The zero-order chi connectivity index (χ0) is 13.8. The molecule has 2 N–H and O–H groups in total. The minimum atomic E-state index is -0.665. The zero-order valence-corrected chi connectivity index (χ0v) is 12.3. The van der Waals surface area contributed by atoms with Gasteiger partial charge in [0.25, 0.3) is 0 Å². The minimum absolute atomic E-state index is 0.492. The molecule has 0 aromatic rings. The van der Waals surface area contributed by atoms with Crippen molar-refractivity contribution in [2.75, 3.05) is 6.54 Å². The number of carboxylic acid groups (broad SMARTS) is 1. The molecule has 18 heavy (non-hydrogen) atoms. The average Bonchev–Trinajstić information content (AvgIpc) is 2.25. The molecule has 2 atom stereocenters. The van der Waals surface area contributed by atoms with Gasteiger partial charge < -0.3 is 10.4 Å². The summed E-state index contributed by atoms with van der Waals surface area (Å²) in [4.78, 5) is 11.7. The van der Waals surface area contributed by atoms with Gasteiger partial charge in [-0.05, 0) is 43.6 Å². The van der Waals surface area contributed by atoms with Crippen LogP contribution in [-0.4, -0.2) is 23.2 Å². The first-order valence-electron chi connectivity index (χ1n) is 7.34. The van der Waals surface area contributed by atoms with Gasteiger partial charge in [0, 0.05) is 0 Å². The maximum absolute atomic E-state index is 11.7. The van der Waals surface area contributed by atoms with Crippen LogP contribution in [0.25, 0.3) is 0 Å². The summed E-state index contributed by atoms with van der Waals surface area (Å²) in [6, 6.07) is 0. The van der Waals surface area contributed by atoms with Gasteiger partial charge >= 0.3 is 5.97 Å². The summed E-state index contributed by atoms with van der Waals surface area (Å²) in [6.45, 7) is 9.48. The third kappa shape index (κ3) is 4.27. The van der Waals surface area contributed by atoms with Crippen molar-refractivity contribution in [3.05, 3.63) is 0 Å². The SMILES string of the molecule is CC(C)CNC1(C(=O)O)CCCC(CC(C)C)C1. The molecule has 1 rings (SSSR count). The van der Waals surface area contributed by atoms with Crippen LogP contribution in [0.1, 0.15) is 59.8 Å². The minimum Gasteiger partial charge on any atom is -0.480 e. The molecule has 2 unspecified atom stereocenters. The van der Waals surface area contributed by atoms with E-state index in [0.717, 1.165) is 32.2 Å². The van der Waals surface area contributed by atoms with Gasteiger partial charge in [-0.1, -0.05) is 40.5 Å². The van der Waals surface area contributed by atoms with Crippen LogP contribution in [0.3, 0.4) is 0 Å². The van der Waals surface area contributed by atoms with E-state index in [1.165, 1.54) is 6.42 Å². The molecule has 1 aliphatic carbocycles. The summed E-state index contributed by atoms with van der Waals surface area (Å²) in [6.07, 6.45) is 4.96. The highest BCUT2D eigenvalue weighted by Gasteiger charge is 2.42. The lowest BCUT2D eigenvalue weighted by Crippen LogP contribution is -2.55. The molecule has 0 amide bonds. The Morgan fingerprint density at radius 3 is 2.50 bits per heavy atom. The van der Waals surface area contributed by atoms with Crippen LogP contribution in [0.15, 0.2) is 0 Å². The van der Waals surface area contributed by atoms with Gasteiger partial charge in [-0.15, -0.1) is 0 Å². The Labute approximate surface area is 111 Å². The molecule has 0 bridgehead atoms. The summed E-state index contributed by atoms with van der Waals surface area (Å²) in [5.41, 5.74) is -0.665. The second-order valence-corrected chi connectivity index (χ2v) is 6.75. The van der Waals surface area contributed by atoms with E-state index in [4.69, 9.17) is 0 Å². The van der Waals surface area contributed by atoms with Gasteiger partial charge in [0.15, 0.2) is 0 Å². The summed E-state index contributed by atoms with van der Waals surface area (Å²) < 4.78 is 0. The largest absolute Gasteiger partial charge is 0.480 e. The summed E-state index contributed by atoms with van der Waals surface area (Å²) in [5.74, 6) is 1.06. The van der Waals surface area contributed by atoms with Crippen molar-refractivity contribution in [3.63, 3.8) is 0 Å². The van der Waals surface area contributed by atoms with Crippen molar-refractivity contribution in [2.24, 2.45) is 17.8 Å². The Balaban J connectivity index is 2.68. The molecule has 3 nitrogen and oxygen atoms in total. The summed E-state index contributed by atoms with van der Waals surface area (Å²) in [7, 11) is 0. The highest BCUT2D eigenvalue weighted by atomic mass is 16.4. The van der Waals surface area contributed by atoms with Crippen molar-refractivity contribution in [2.45, 2.75) is 65.3 Å². The second-order valence-electron chi connectivity index (χ2n) is 6.75. The van der Waals surface area contributed by atoms with Crippen LogP contribution in [0.5, 0.6) is 0 Å². The highest BCUT2D eigenvalue weighted by molar-refractivity contribution is 5.79. The number of nitrogens with one attached hydrogen (secondary N) is 1. The molecule has 0 spiro atoms. The molecule has 106 valence electrons. The van der Waals surface area contributed by atoms with E-state index in [9.17, 15) is 9.90 Å². The lowest BCUT2D eigenvalue weighted by Gasteiger charge is -2.39. The Hall–Kier alpha value is -0.570. The topological polar surface area (TPSA) is 49.3 Å². The first kappa shape index (κ1) is 15.5. The Morgan fingerprint density at radius 2 is 2.00 bits per heavy atom. The van der Waals surface area contributed by atoms with Crippen molar-refractivity contribution in [1.82, 2.24) is 5.32 Å².